The Labute approximate surface area is 202 Å². The summed E-state index contributed by atoms with van der Waals surface area (Å²) in [7, 11) is 1.35. The number of para-hydroxylation sites is 1. The van der Waals surface area contributed by atoms with Crippen molar-refractivity contribution >= 4 is 40.2 Å². The Bertz CT molecular complexity index is 1450. The average molecular weight is 500 g/mol. The number of rotatable bonds is 6. The van der Waals surface area contributed by atoms with Gasteiger partial charge in [-0.05, 0) is 24.3 Å². The van der Waals surface area contributed by atoms with Crippen LogP contribution in [0.1, 0.15) is 10.4 Å². The summed E-state index contributed by atoms with van der Waals surface area (Å²) in [4.78, 5) is 28.0. The highest BCUT2D eigenvalue weighted by Gasteiger charge is 2.23. The molecule has 8 nitrogen and oxygen atoms in total. The maximum atomic E-state index is 15.0. The topological polar surface area (TPSA) is 113 Å². The summed E-state index contributed by atoms with van der Waals surface area (Å²) in [6.07, 6.45) is 0.340. The van der Waals surface area contributed by atoms with Crippen LogP contribution in [0.2, 0.25) is 5.02 Å². The minimum Gasteiger partial charge on any atom is -0.496 e. The average Bonchev–Trinajstić information content (AvgIpc) is 2.84. The van der Waals surface area contributed by atoms with Crippen molar-refractivity contribution < 1.29 is 32.6 Å². The molecule has 0 aliphatic rings. The van der Waals surface area contributed by atoms with Crippen molar-refractivity contribution in [1.29, 1.82) is 0 Å². The van der Waals surface area contributed by atoms with Gasteiger partial charge in [0.2, 0.25) is 0 Å². The fourth-order valence-corrected chi connectivity index (χ4v) is 3.39. The summed E-state index contributed by atoms with van der Waals surface area (Å²) in [6, 6.07) is 13.0. The number of halogens is 3. The molecule has 0 saturated heterocycles. The highest BCUT2D eigenvalue weighted by atomic mass is 35.5. The number of carbonyl (C=O) groups excluding carboxylic acids is 2. The molecule has 11 heteroatoms. The van der Waals surface area contributed by atoms with Crippen LogP contribution in [-0.2, 0) is 0 Å². The smallest absolute Gasteiger partial charge is 0.417 e. The lowest BCUT2D eigenvalue weighted by atomic mass is 10.1. The summed E-state index contributed by atoms with van der Waals surface area (Å²) >= 11 is 6.03. The number of nitrogens with zero attached hydrogens (tertiary/aromatic N) is 1. The van der Waals surface area contributed by atoms with E-state index in [1.807, 2.05) is 0 Å². The van der Waals surface area contributed by atoms with E-state index in [0.717, 1.165) is 6.07 Å². The lowest BCUT2D eigenvalue weighted by Crippen LogP contribution is -2.17. The molecule has 0 unspecified atom stereocenters. The van der Waals surface area contributed by atoms with E-state index in [1.165, 1.54) is 43.6 Å². The molecule has 0 atom stereocenters. The Kier molecular flexibility index (Phi) is 6.65. The number of amides is 2. The summed E-state index contributed by atoms with van der Waals surface area (Å²) < 4.78 is 45.5. The molecule has 1 aromatic heterocycles. The quantitative estimate of drug-likeness (QED) is 0.330. The van der Waals surface area contributed by atoms with Crippen LogP contribution < -0.4 is 25.3 Å². The second-order valence-electron chi connectivity index (χ2n) is 7.04. The minimum atomic E-state index is -1.27. The molecule has 0 aliphatic heterocycles. The molecule has 2 amide bonds. The van der Waals surface area contributed by atoms with E-state index >= 15 is 4.39 Å². The predicted octanol–water partition coefficient (Wildman–Crippen LogP) is 5.68. The number of benzene rings is 3. The number of carbonyl (C=O) groups is 2. The first-order valence-electron chi connectivity index (χ1n) is 9.94. The Morgan fingerprint density at radius 1 is 1.06 bits per heavy atom. The largest absolute Gasteiger partial charge is 0.496 e. The number of hydrogen-bond donors (Lipinski definition) is 2. The molecule has 1 heterocycles. The molecule has 0 fully saturated rings. The first-order chi connectivity index (χ1) is 16.8. The number of methoxy groups -OCH3 is 1. The number of nitrogens with two attached hydrogens (primary N) is 1. The van der Waals surface area contributed by atoms with E-state index in [1.54, 1.807) is 18.2 Å². The normalized spacial score (nSPS) is 10.6. The van der Waals surface area contributed by atoms with E-state index in [0.29, 0.717) is 5.52 Å². The number of nitrogens with one attached hydrogen (secondary N) is 1. The first kappa shape index (κ1) is 23.7. The first-order valence-corrected chi connectivity index (χ1v) is 10.3. The second-order valence-corrected chi connectivity index (χ2v) is 7.41. The van der Waals surface area contributed by atoms with E-state index < -0.39 is 34.4 Å². The Morgan fingerprint density at radius 3 is 2.49 bits per heavy atom. The van der Waals surface area contributed by atoms with Gasteiger partial charge in [0, 0.05) is 23.7 Å². The van der Waals surface area contributed by atoms with Crippen LogP contribution in [0.4, 0.5) is 19.3 Å². The van der Waals surface area contributed by atoms with Gasteiger partial charge in [-0.25, -0.2) is 13.6 Å². The zero-order valence-corrected chi connectivity index (χ0v) is 18.7. The van der Waals surface area contributed by atoms with Crippen LogP contribution >= 0.6 is 11.6 Å². The highest BCUT2D eigenvalue weighted by molar-refractivity contribution is 6.34. The van der Waals surface area contributed by atoms with Crippen LogP contribution in [0.3, 0.4) is 0 Å². The highest BCUT2D eigenvalue weighted by Crippen LogP contribution is 2.39. The molecule has 35 heavy (non-hydrogen) atoms. The van der Waals surface area contributed by atoms with Gasteiger partial charge in [-0.2, -0.15) is 0 Å². The molecule has 0 spiro atoms. The number of ether oxygens (including phenoxy) is 3. The summed E-state index contributed by atoms with van der Waals surface area (Å²) in [6.45, 7) is 0. The van der Waals surface area contributed by atoms with Gasteiger partial charge in [-0.3, -0.25) is 15.1 Å². The molecule has 0 aliphatic carbocycles. The molecule has 4 aromatic rings. The van der Waals surface area contributed by atoms with Gasteiger partial charge in [0.25, 0.3) is 5.91 Å². The maximum absolute atomic E-state index is 15.0. The minimum absolute atomic E-state index is 0.0216. The van der Waals surface area contributed by atoms with Crippen molar-refractivity contribution in [2.24, 2.45) is 5.73 Å². The third-order valence-electron chi connectivity index (χ3n) is 4.81. The fraction of sp³-hybridized carbons (Fsp3) is 0.0417. The number of pyridine rings is 1. The third kappa shape index (κ3) is 4.92. The molecule has 3 aromatic carbocycles. The van der Waals surface area contributed by atoms with E-state index in [4.69, 9.17) is 31.5 Å². The molecular formula is C24H16ClF2N3O5. The lowest BCUT2D eigenvalue weighted by Gasteiger charge is -2.15. The zero-order valence-electron chi connectivity index (χ0n) is 18.0. The molecule has 0 saturated carbocycles. The summed E-state index contributed by atoms with van der Waals surface area (Å²) in [5.41, 5.74) is 5.37. The van der Waals surface area contributed by atoms with Crippen molar-refractivity contribution in [3.05, 3.63) is 83.0 Å². The molecule has 3 N–H and O–H groups in total. The number of aromatic nitrogens is 1. The van der Waals surface area contributed by atoms with Crippen LogP contribution in [0.15, 0.2) is 60.8 Å². The van der Waals surface area contributed by atoms with E-state index in [-0.39, 0.29) is 33.9 Å². The zero-order chi connectivity index (χ0) is 25.1. The van der Waals surface area contributed by atoms with Gasteiger partial charge in [-0.15, -0.1) is 0 Å². The molecule has 0 radical (unpaired) electrons. The SMILES string of the molecule is COc1cc2nccc(Oc3c(F)cc(NC(=O)Oc4ccccc4)c(Cl)c3F)c2cc1C(N)=O. The second kappa shape index (κ2) is 9.82. The van der Waals surface area contributed by atoms with Crippen LogP contribution in [0, 0.1) is 11.6 Å². The summed E-state index contributed by atoms with van der Waals surface area (Å²) in [5.74, 6) is -3.67. The van der Waals surface area contributed by atoms with E-state index in [9.17, 15) is 14.0 Å². The third-order valence-corrected chi connectivity index (χ3v) is 5.18. The lowest BCUT2D eigenvalue weighted by molar-refractivity contribution is 0.0997. The van der Waals surface area contributed by atoms with Crippen molar-refractivity contribution in [2.45, 2.75) is 0 Å². The van der Waals surface area contributed by atoms with Crippen molar-refractivity contribution in [1.82, 2.24) is 4.98 Å². The van der Waals surface area contributed by atoms with Crippen LogP contribution in [-0.4, -0.2) is 24.1 Å². The van der Waals surface area contributed by atoms with Crippen molar-refractivity contribution in [3.63, 3.8) is 0 Å². The van der Waals surface area contributed by atoms with E-state index in [2.05, 4.69) is 10.3 Å². The van der Waals surface area contributed by atoms with Gasteiger partial charge in [0.15, 0.2) is 17.4 Å². The van der Waals surface area contributed by atoms with Gasteiger partial charge >= 0.3 is 6.09 Å². The van der Waals surface area contributed by atoms with Gasteiger partial charge in [0.1, 0.15) is 22.3 Å². The molecule has 4 rings (SSSR count). The maximum Gasteiger partial charge on any atom is 0.417 e. The monoisotopic (exact) mass is 499 g/mol. The Balaban J connectivity index is 1.66. The summed E-state index contributed by atoms with van der Waals surface area (Å²) in [5, 5.41) is 1.82. The predicted molar refractivity (Wildman–Crippen MR) is 124 cm³/mol. The molecular weight excluding hydrogens is 484 g/mol. The number of primary amides is 1. The van der Waals surface area contributed by atoms with Crippen molar-refractivity contribution in [3.8, 4) is 23.0 Å². The van der Waals surface area contributed by atoms with Crippen LogP contribution in [0.5, 0.6) is 23.0 Å². The molecule has 178 valence electrons. The van der Waals surface area contributed by atoms with Crippen molar-refractivity contribution in [2.75, 3.05) is 12.4 Å². The number of hydrogen-bond acceptors (Lipinski definition) is 6. The van der Waals surface area contributed by atoms with Gasteiger partial charge in [-0.1, -0.05) is 29.8 Å². The molecule has 0 bridgehead atoms. The Morgan fingerprint density at radius 2 is 1.80 bits per heavy atom. The number of fused-ring (bicyclic) bond motifs is 1. The Hall–Kier alpha value is -4.44. The van der Waals surface area contributed by atoms with Crippen LogP contribution in [0.25, 0.3) is 10.9 Å². The number of anilines is 1. The fourth-order valence-electron chi connectivity index (χ4n) is 3.20. The standard InChI is InChI=1S/C24H16ClF2N3O5/c1-33-19-11-16-13(9-14(19)23(28)31)18(7-8-29-16)35-22-15(26)10-17(20(25)21(22)27)30-24(32)34-12-5-3-2-4-6-12/h2-11H,1H3,(H2,28,31)(H,30,32). The van der Waals surface area contributed by atoms with Gasteiger partial charge < -0.3 is 19.9 Å². The van der Waals surface area contributed by atoms with Gasteiger partial charge in [0.05, 0.1) is 23.9 Å².